The van der Waals surface area contributed by atoms with Gasteiger partial charge in [-0.1, -0.05) is 35.0 Å². The third-order valence-corrected chi connectivity index (χ3v) is 3.01. The standard InChI is InChI=1S/C15H13ClN2O2/c1-10(18-20)11-4-3-7-14(9-11)17-15(19)12-5-2-6-13(16)8-12/h2-9,20H,1H3,(H,17,19)/b18-10+. The van der Waals surface area contributed by atoms with E-state index < -0.39 is 0 Å². The lowest BCUT2D eigenvalue weighted by molar-refractivity contribution is 0.102. The minimum atomic E-state index is -0.247. The largest absolute Gasteiger partial charge is 0.411 e. The molecule has 0 spiro atoms. The van der Waals surface area contributed by atoms with Crippen LogP contribution < -0.4 is 5.32 Å². The summed E-state index contributed by atoms with van der Waals surface area (Å²) >= 11 is 5.85. The van der Waals surface area contributed by atoms with Crippen LogP contribution in [0.2, 0.25) is 5.02 Å². The van der Waals surface area contributed by atoms with E-state index in [0.29, 0.717) is 22.0 Å². The number of oxime groups is 1. The summed E-state index contributed by atoms with van der Waals surface area (Å²) in [5, 5.41) is 15.2. The highest BCUT2D eigenvalue weighted by Crippen LogP contribution is 2.15. The van der Waals surface area contributed by atoms with Crippen LogP contribution in [0.4, 0.5) is 5.69 Å². The van der Waals surface area contributed by atoms with Crippen molar-refractivity contribution in [2.24, 2.45) is 5.16 Å². The molecule has 2 rings (SSSR count). The van der Waals surface area contributed by atoms with Gasteiger partial charge < -0.3 is 10.5 Å². The van der Waals surface area contributed by atoms with E-state index in [-0.39, 0.29) is 5.91 Å². The van der Waals surface area contributed by atoms with E-state index >= 15 is 0 Å². The lowest BCUT2D eigenvalue weighted by Gasteiger charge is -2.07. The normalized spacial score (nSPS) is 11.2. The minimum Gasteiger partial charge on any atom is -0.411 e. The Kier molecular flexibility index (Phi) is 4.38. The van der Waals surface area contributed by atoms with Gasteiger partial charge in [-0.05, 0) is 37.3 Å². The van der Waals surface area contributed by atoms with Crippen molar-refractivity contribution in [2.45, 2.75) is 6.92 Å². The number of benzene rings is 2. The number of rotatable bonds is 3. The van der Waals surface area contributed by atoms with E-state index in [1.807, 2.05) is 0 Å². The second-order valence-electron chi connectivity index (χ2n) is 4.23. The molecule has 2 N–H and O–H groups in total. The summed E-state index contributed by atoms with van der Waals surface area (Å²) in [6.45, 7) is 1.68. The van der Waals surface area contributed by atoms with Crippen LogP contribution in [-0.2, 0) is 0 Å². The monoisotopic (exact) mass is 288 g/mol. The molecule has 0 saturated heterocycles. The van der Waals surface area contributed by atoms with Crippen molar-refractivity contribution in [3.8, 4) is 0 Å². The quantitative estimate of drug-likeness (QED) is 0.513. The Labute approximate surface area is 121 Å². The predicted molar refractivity (Wildman–Crippen MR) is 79.8 cm³/mol. The molecule has 0 atom stereocenters. The molecule has 0 saturated carbocycles. The van der Waals surface area contributed by atoms with Gasteiger partial charge >= 0.3 is 0 Å². The highest BCUT2D eigenvalue weighted by Gasteiger charge is 2.07. The SMILES string of the molecule is C/C(=N\O)c1cccc(NC(=O)c2cccc(Cl)c2)c1. The minimum absolute atomic E-state index is 0.247. The molecular weight excluding hydrogens is 276 g/mol. The molecule has 5 heteroatoms. The average molecular weight is 289 g/mol. The summed E-state index contributed by atoms with van der Waals surface area (Å²) in [5.74, 6) is -0.247. The Bertz CT molecular complexity index is 668. The van der Waals surface area contributed by atoms with E-state index in [1.165, 1.54) is 0 Å². The highest BCUT2D eigenvalue weighted by atomic mass is 35.5. The summed E-state index contributed by atoms with van der Waals surface area (Å²) in [6.07, 6.45) is 0. The van der Waals surface area contributed by atoms with E-state index in [0.717, 1.165) is 5.56 Å². The summed E-state index contributed by atoms with van der Waals surface area (Å²) in [7, 11) is 0. The number of carbonyl (C=O) groups is 1. The van der Waals surface area contributed by atoms with Crippen molar-refractivity contribution in [2.75, 3.05) is 5.32 Å². The lowest BCUT2D eigenvalue weighted by atomic mass is 10.1. The molecular formula is C15H13ClN2O2. The topological polar surface area (TPSA) is 61.7 Å². The molecule has 102 valence electrons. The molecule has 0 radical (unpaired) electrons. The average Bonchev–Trinajstić information content (AvgIpc) is 2.46. The van der Waals surface area contributed by atoms with Gasteiger partial charge in [0.1, 0.15) is 0 Å². The van der Waals surface area contributed by atoms with Gasteiger partial charge in [0.2, 0.25) is 0 Å². The second kappa shape index (κ2) is 6.21. The van der Waals surface area contributed by atoms with Crippen molar-refractivity contribution < 1.29 is 10.0 Å². The number of nitrogens with zero attached hydrogens (tertiary/aromatic N) is 1. The number of hydrogen-bond acceptors (Lipinski definition) is 3. The number of hydrogen-bond donors (Lipinski definition) is 2. The zero-order valence-corrected chi connectivity index (χ0v) is 11.6. The smallest absolute Gasteiger partial charge is 0.255 e. The van der Waals surface area contributed by atoms with Gasteiger partial charge in [-0.15, -0.1) is 0 Å². The van der Waals surface area contributed by atoms with Crippen LogP contribution in [-0.4, -0.2) is 16.8 Å². The van der Waals surface area contributed by atoms with E-state index in [2.05, 4.69) is 10.5 Å². The van der Waals surface area contributed by atoms with Gasteiger partial charge in [0.25, 0.3) is 5.91 Å². The number of nitrogens with one attached hydrogen (secondary N) is 1. The molecule has 0 aliphatic carbocycles. The summed E-state index contributed by atoms with van der Waals surface area (Å²) in [5.41, 5.74) is 2.31. The van der Waals surface area contributed by atoms with Gasteiger partial charge in [0, 0.05) is 21.8 Å². The third-order valence-electron chi connectivity index (χ3n) is 2.78. The summed E-state index contributed by atoms with van der Waals surface area (Å²) in [6, 6.07) is 13.8. The first kappa shape index (κ1) is 14.1. The maximum absolute atomic E-state index is 12.1. The van der Waals surface area contributed by atoms with Crippen LogP contribution in [0.1, 0.15) is 22.8 Å². The Morgan fingerprint density at radius 2 is 1.85 bits per heavy atom. The van der Waals surface area contributed by atoms with E-state index in [9.17, 15) is 4.79 Å². The molecule has 20 heavy (non-hydrogen) atoms. The lowest BCUT2D eigenvalue weighted by Crippen LogP contribution is -2.12. The van der Waals surface area contributed by atoms with Crippen LogP contribution >= 0.6 is 11.6 Å². The van der Waals surface area contributed by atoms with Gasteiger partial charge in [0.05, 0.1) is 5.71 Å². The number of halogens is 1. The number of amides is 1. The molecule has 0 aliphatic heterocycles. The van der Waals surface area contributed by atoms with E-state index in [4.69, 9.17) is 16.8 Å². The van der Waals surface area contributed by atoms with Crippen LogP contribution in [0, 0.1) is 0 Å². The molecule has 1 amide bonds. The zero-order valence-electron chi connectivity index (χ0n) is 10.8. The predicted octanol–water partition coefficient (Wildman–Crippen LogP) is 3.79. The Hall–Kier alpha value is -2.33. The molecule has 0 bridgehead atoms. The number of carbonyl (C=O) groups excluding carboxylic acids is 1. The zero-order chi connectivity index (χ0) is 14.5. The highest BCUT2D eigenvalue weighted by molar-refractivity contribution is 6.31. The van der Waals surface area contributed by atoms with Gasteiger partial charge in [-0.3, -0.25) is 4.79 Å². The molecule has 0 unspecified atom stereocenters. The Morgan fingerprint density at radius 1 is 1.15 bits per heavy atom. The molecule has 0 aliphatic rings. The Morgan fingerprint density at radius 3 is 2.55 bits per heavy atom. The van der Waals surface area contributed by atoms with Crippen molar-refractivity contribution in [1.29, 1.82) is 0 Å². The summed E-state index contributed by atoms with van der Waals surface area (Å²) in [4.78, 5) is 12.1. The van der Waals surface area contributed by atoms with Crippen molar-refractivity contribution in [3.63, 3.8) is 0 Å². The first-order valence-corrected chi connectivity index (χ1v) is 6.34. The fourth-order valence-electron chi connectivity index (χ4n) is 1.71. The second-order valence-corrected chi connectivity index (χ2v) is 4.67. The van der Waals surface area contributed by atoms with Crippen LogP contribution in [0.5, 0.6) is 0 Å². The maximum Gasteiger partial charge on any atom is 0.255 e. The van der Waals surface area contributed by atoms with Crippen LogP contribution in [0.25, 0.3) is 0 Å². The van der Waals surface area contributed by atoms with Crippen LogP contribution in [0.15, 0.2) is 53.7 Å². The van der Waals surface area contributed by atoms with E-state index in [1.54, 1.807) is 55.5 Å². The number of anilines is 1. The molecule has 2 aromatic rings. The first-order valence-electron chi connectivity index (χ1n) is 5.96. The van der Waals surface area contributed by atoms with Crippen LogP contribution in [0.3, 0.4) is 0 Å². The fourth-order valence-corrected chi connectivity index (χ4v) is 1.90. The van der Waals surface area contributed by atoms with Gasteiger partial charge in [0.15, 0.2) is 0 Å². The molecule has 2 aromatic carbocycles. The molecule has 4 nitrogen and oxygen atoms in total. The maximum atomic E-state index is 12.1. The molecule has 0 fully saturated rings. The van der Waals surface area contributed by atoms with Gasteiger partial charge in [-0.2, -0.15) is 0 Å². The first-order chi connectivity index (χ1) is 9.60. The van der Waals surface area contributed by atoms with Crippen molar-refractivity contribution in [3.05, 3.63) is 64.7 Å². The van der Waals surface area contributed by atoms with Crippen molar-refractivity contribution in [1.82, 2.24) is 0 Å². The van der Waals surface area contributed by atoms with Gasteiger partial charge in [-0.25, -0.2) is 0 Å². The summed E-state index contributed by atoms with van der Waals surface area (Å²) < 4.78 is 0. The fraction of sp³-hybridized carbons (Fsp3) is 0.0667. The third kappa shape index (κ3) is 3.36. The Balaban J connectivity index is 2.20. The molecule has 0 aromatic heterocycles. The molecule has 0 heterocycles. The van der Waals surface area contributed by atoms with Crippen molar-refractivity contribution >= 4 is 28.9 Å².